The van der Waals surface area contributed by atoms with Crippen LogP contribution in [0.3, 0.4) is 0 Å². The molecule has 0 aromatic heterocycles. The Hall–Kier alpha value is -2.87. The lowest BCUT2D eigenvalue weighted by atomic mass is 9.96. The van der Waals surface area contributed by atoms with Crippen molar-refractivity contribution in [1.29, 1.82) is 0 Å². The number of carboxylic acid groups (broad SMARTS) is 1. The quantitative estimate of drug-likeness (QED) is 0.530. The highest BCUT2D eigenvalue weighted by Gasteiger charge is 2.06. The zero-order chi connectivity index (χ0) is 15.8. The van der Waals surface area contributed by atoms with Gasteiger partial charge in [0.15, 0.2) is 0 Å². The van der Waals surface area contributed by atoms with Gasteiger partial charge >= 0.3 is 5.97 Å². The van der Waals surface area contributed by atoms with Gasteiger partial charge in [0.05, 0.1) is 0 Å². The van der Waals surface area contributed by atoms with Crippen molar-refractivity contribution in [3.05, 3.63) is 72.3 Å². The average molecular weight is 300 g/mol. The van der Waals surface area contributed by atoms with E-state index in [-0.39, 0.29) is 6.42 Å². The molecule has 0 bridgehead atoms. The molecule has 2 heteroatoms. The molecule has 0 spiro atoms. The lowest BCUT2D eigenvalue weighted by Gasteiger charge is -2.09. The van der Waals surface area contributed by atoms with Crippen LogP contribution in [0.15, 0.2) is 66.7 Å². The molecule has 4 rings (SSSR count). The number of hydrogen-bond acceptors (Lipinski definition) is 1. The van der Waals surface area contributed by atoms with Crippen molar-refractivity contribution < 1.29 is 9.90 Å². The first-order valence-corrected chi connectivity index (χ1v) is 7.77. The van der Waals surface area contributed by atoms with Gasteiger partial charge in [-0.1, -0.05) is 42.5 Å². The molecule has 0 aliphatic carbocycles. The monoisotopic (exact) mass is 300 g/mol. The third kappa shape index (κ3) is 2.53. The molecular weight excluding hydrogens is 284 g/mol. The third-order valence-corrected chi connectivity index (χ3v) is 4.40. The molecule has 112 valence electrons. The molecule has 0 heterocycles. The molecule has 4 aromatic carbocycles. The highest BCUT2D eigenvalue weighted by molar-refractivity contribution is 6.05. The summed E-state index contributed by atoms with van der Waals surface area (Å²) < 4.78 is 0. The molecule has 0 aliphatic heterocycles. The van der Waals surface area contributed by atoms with Crippen LogP contribution in [0.2, 0.25) is 0 Å². The van der Waals surface area contributed by atoms with Crippen molar-refractivity contribution in [2.75, 3.05) is 0 Å². The van der Waals surface area contributed by atoms with Crippen LogP contribution in [0, 0.1) is 0 Å². The van der Waals surface area contributed by atoms with Crippen molar-refractivity contribution in [3.8, 4) is 0 Å². The van der Waals surface area contributed by atoms with Gasteiger partial charge in [-0.2, -0.15) is 0 Å². The Labute approximate surface area is 134 Å². The van der Waals surface area contributed by atoms with Crippen LogP contribution in [0.1, 0.15) is 12.0 Å². The SMILES string of the molecule is O=C(O)CCc1cccc2cc3cc4ccccc4cc3cc12. The van der Waals surface area contributed by atoms with E-state index < -0.39 is 5.97 Å². The Bertz CT molecular complexity index is 1050. The summed E-state index contributed by atoms with van der Waals surface area (Å²) in [5.74, 6) is -0.756. The van der Waals surface area contributed by atoms with Crippen molar-refractivity contribution in [3.63, 3.8) is 0 Å². The first-order chi connectivity index (χ1) is 11.2. The second-order valence-electron chi connectivity index (χ2n) is 5.93. The molecule has 0 unspecified atom stereocenters. The van der Waals surface area contributed by atoms with E-state index in [1.807, 2.05) is 18.2 Å². The van der Waals surface area contributed by atoms with E-state index in [2.05, 4.69) is 48.5 Å². The maximum Gasteiger partial charge on any atom is 0.303 e. The number of benzene rings is 4. The van der Waals surface area contributed by atoms with Crippen LogP contribution in [-0.2, 0) is 11.2 Å². The zero-order valence-corrected chi connectivity index (χ0v) is 12.6. The van der Waals surface area contributed by atoms with Crippen LogP contribution in [0.4, 0.5) is 0 Å². The van der Waals surface area contributed by atoms with Crippen molar-refractivity contribution in [2.24, 2.45) is 0 Å². The fourth-order valence-electron chi connectivity index (χ4n) is 3.24. The number of carbonyl (C=O) groups is 1. The van der Waals surface area contributed by atoms with Gasteiger partial charge in [-0.15, -0.1) is 0 Å². The van der Waals surface area contributed by atoms with Crippen molar-refractivity contribution in [1.82, 2.24) is 0 Å². The van der Waals surface area contributed by atoms with Crippen LogP contribution in [0.25, 0.3) is 32.3 Å². The summed E-state index contributed by atoms with van der Waals surface area (Å²) in [5.41, 5.74) is 1.10. The van der Waals surface area contributed by atoms with Crippen molar-refractivity contribution >= 4 is 38.3 Å². The number of fused-ring (bicyclic) bond motifs is 3. The molecule has 0 aliphatic rings. The lowest BCUT2D eigenvalue weighted by Crippen LogP contribution is -1.98. The van der Waals surface area contributed by atoms with E-state index in [1.54, 1.807) is 0 Å². The Morgan fingerprint density at radius 2 is 1.35 bits per heavy atom. The average Bonchev–Trinajstić information content (AvgIpc) is 2.56. The highest BCUT2D eigenvalue weighted by Crippen LogP contribution is 2.29. The van der Waals surface area contributed by atoms with Gasteiger partial charge in [-0.25, -0.2) is 0 Å². The minimum Gasteiger partial charge on any atom is -0.481 e. The Morgan fingerprint density at radius 1 is 0.739 bits per heavy atom. The fourth-order valence-corrected chi connectivity index (χ4v) is 3.24. The van der Waals surface area contributed by atoms with Gasteiger partial charge in [0.25, 0.3) is 0 Å². The second-order valence-corrected chi connectivity index (χ2v) is 5.93. The Balaban J connectivity index is 1.95. The molecule has 0 saturated heterocycles. The van der Waals surface area contributed by atoms with Crippen LogP contribution in [0.5, 0.6) is 0 Å². The van der Waals surface area contributed by atoms with Crippen LogP contribution >= 0.6 is 0 Å². The minimum absolute atomic E-state index is 0.162. The van der Waals surface area contributed by atoms with Gasteiger partial charge in [-0.3, -0.25) is 4.79 Å². The van der Waals surface area contributed by atoms with E-state index in [9.17, 15) is 4.79 Å². The second kappa shape index (κ2) is 5.40. The number of carboxylic acids is 1. The summed E-state index contributed by atoms with van der Waals surface area (Å²) in [6, 6.07) is 23.3. The molecule has 0 amide bonds. The maximum atomic E-state index is 10.9. The van der Waals surface area contributed by atoms with Gasteiger partial charge in [0.2, 0.25) is 0 Å². The maximum absolute atomic E-state index is 10.9. The Morgan fingerprint density at radius 3 is 2.04 bits per heavy atom. The molecule has 0 saturated carbocycles. The van der Waals surface area contributed by atoms with Crippen LogP contribution in [-0.4, -0.2) is 11.1 Å². The normalized spacial score (nSPS) is 11.3. The van der Waals surface area contributed by atoms with Gasteiger partial charge in [-0.05, 0) is 68.6 Å². The van der Waals surface area contributed by atoms with Crippen LogP contribution < -0.4 is 0 Å². The summed E-state index contributed by atoms with van der Waals surface area (Å²) in [7, 11) is 0. The lowest BCUT2D eigenvalue weighted by molar-refractivity contribution is -0.136. The summed E-state index contributed by atoms with van der Waals surface area (Å²) in [6.07, 6.45) is 0.723. The van der Waals surface area contributed by atoms with E-state index in [0.29, 0.717) is 6.42 Å². The summed E-state index contributed by atoms with van der Waals surface area (Å²) in [6.45, 7) is 0. The first kappa shape index (κ1) is 13.8. The van der Waals surface area contributed by atoms with Gasteiger partial charge < -0.3 is 5.11 Å². The predicted octanol–water partition coefficient (Wildman–Crippen LogP) is 5.16. The topological polar surface area (TPSA) is 37.3 Å². The molecule has 0 atom stereocenters. The van der Waals surface area contributed by atoms with E-state index in [0.717, 1.165) is 16.3 Å². The van der Waals surface area contributed by atoms with E-state index in [1.165, 1.54) is 21.5 Å². The fraction of sp³-hybridized carbons (Fsp3) is 0.0952. The highest BCUT2D eigenvalue weighted by atomic mass is 16.4. The number of hydrogen-bond donors (Lipinski definition) is 1. The number of aryl methyl sites for hydroxylation is 1. The summed E-state index contributed by atoms with van der Waals surface area (Å²) >= 11 is 0. The van der Waals surface area contributed by atoms with E-state index >= 15 is 0 Å². The van der Waals surface area contributed by atoms with Gasteiger partial charge in [0.1, 0.15) is 0 Å². The van der Waals surface area contributed by atoms with E-state index in [4.69, 9.17) is 5.11 Å². The molecule has 2 nitrogen and oxygen atoms in total. The number of aliphatic carboxylic acids is 1. The largest absolute Gasteiger partial charge is 0.481 e. The van der Waals surface area contributed by atoms with Gasteiger partial charge in [0, 0.05) is 6.42 Å². The molecular formula is C21H16O2. The van der Waals surface area contributed by atoms with Crippen molar-refractivity contribution in [2.45, 2.75) is 12.8 Å². The predicted molar refractivity (Wildman–Crippen MR) is 94.9 cm³/mol. The molecule has 23 heavy (non-hydrogen) atoms. The third-order valence-electron chi connectivity index (χ3n) is 4.40. The standard InChI is InChI=1S/C21H16O2/c22-21(23)9-8-14-6-3-7-17-12-18-10-15-4-1-2-5-16(15)11-19(18)13-20(14)17/h1-7,10-13H,8-9H2,(H,22,23). The number of rotatable bonds is 3. The molecule has 0 radical (unpaired) electrons. The zero-order valence-electron chi connectivity index (χ0n) is 12.6. The Kier molecular flexibility index (Phi) is 3.23. The smallest absolute Gasteiger partial charge is 0.303 e. The minimum atomic E-state index is -0.756. The molecule has 0 fully saturated rings. The molecule has 1 N–H and O–H groups in total. The summed E-state index contributed by atoms with van der Waals surface area (Å²) in [5, 5.41) is 16.1. The molecule has 4 aromatic rings. The summed E-state index contributed by atoms with van der Waals surface area (Å²) in [4.78, 5) is 10.9. The first-order valence-electron chi connectivity index (χ1n) is 7.77.